The highest BCUT2D eigenvalue weighted by Gasteiger charge is 2.33. The summed E-state index contributed by atoms with van der Waals surface area (Å²) in [6.07, 6.45) is 1.83. The molecule has 0 saturated heterocycles. The van der Waals surface area contributed by atoms with Crippen molar-refractivity contribution >= 4 is 28.9 Å². The van der Waals surface area contributed by atoms with E-state index in [0.717, 1.165) is 5.56 Å². The van der Waals surface area contributed by atoms with Crippen LogP contribution in [0.15, 0.2) is 67.9 Å². The summed E-state index contributed by atoms with van der Waals surface area (Å²) in [6, 6.07) is 10.6. The van der Waals surface area contributed by atoms with Crippen LogP contribution >= 0.6 is 11.3 Å². The molecule has 2 aromatic heterocycles. The third-order valence-corrected chi connectivity index (χ3v) is 8.23. The maximum atomic E-state index is 14.0. The van der Waals surface area contributed by atoms with Gasteiger partial charge in [-0.1, -0.05) is 24.3 Å². The Kier molecular flexibility index (Phi) is 8.05. The molecule has 11 nitrogen and oxygen atoms in total. The number of aromatic nitrogens is 1. The minimum atomic E-state index is -0.792. The molecule has 3 heterocycles. The molecule has 222 valence electrons. The third kappa shape index (κ3) is 5.25. The second kappa shape index (κ2) is 11.7. The number of carbonyl (C=O) groups is 1. The van der Waals surface area contributed by atoms with Gasteiger partial charge in [0.25, 0.3) is 11.2 Å². The second-order valence-corrected chi connectivity index (χ2v) is 10.8. The summed E-state index contributed by atoms with van der Waals surface area (Å²) in [7, 11) is 4.50. The monoisotopic (exact) mass is 603 g/mol. The number of nitro benzene ring substituents is 1. The van der Waals surface area contributed by atoms with Crippen molar-refractivity contribution in [1.29, 1.82) is 0 Å². The lowest BCUT2D eigenvalue weighted by Gasteiger charge is -2.26. The highest BCUT2D eigenvalue weighted by molar-refractivity contribution is 7.07. The van der Waals surface area contributed by atoms with Crippen LogP contribution in [0.3, 0.4) is 0 Å². The number of aryl methyl sites for hydroxylation is 1. The average Bonchev–Trinajstić information content (AvgIpc) is 3.59. The first-order valence-corrected chi connectivity index (χ1v) is 14.1. The van der Waals surface area contributed by atoms with Crippen molar-refractivity contribution in [2.24, 2.45) is 4.99 Å². The lowest BCUT2D eigenvalue weighted by molar-refractivity contribution is -0.384. The van der Waals surface area contributed by atoms with Gasteiger partial charge in [-0.3, -0.25) is 24.3 Å². The molecule has 0 N–H and O–H groups in total. The molecule has 1 aliphatic heterocycles. The van der Waals surface area contributed by atoms with Gasteiger partial charge in [0.2, 0.25) is 5.75 Å². The highest BCUT2D eigenvalue weighted by Crippen LogP contribution is 2.42. The van der Waals surface area contributed by atoms with Crippen LogP contribution in [0.25, 0.3) is 17.4 Å². The zero-order valence-electron chi connectivity index (χ0n) is 24.4. The van der Waals surface area contributed by atoms with Gasteiger partial charge in [0, 0.05) is 41.5 Å². The van der Waals surface area contributed by atoms with Gasteiger partial charge in [0.1, 0.15) is 11.5 Å². The number of rotatable bonds is 9. The van der Waals surface area contributed by atoms with E-state index in [0.29, 0.717) is 60.5 Å². The Morgan fingerprint density at radius 3 is 2.40 bits per heavy atom. The molecule has 4 aromatic rings. The van der Waals surface area contributed by atoms with E-state index in [2.05, 4.69) is 4.99 Å². The van der Waals surface area contributed by atoms with E-state index in [-0.39, 0.29) is 23.5 Å². The normalized spacial score (nSPS) is 14.7. The van der Waals surface area contributed by atoms with E-state index in [9.17, 15) is 19.7 Å². The minimum absolute atomic E-state index is 0.0496. The largest absolute Gasteiger partial charge is 0.493 e. The Morgan fingerprint density at radius 1 is 1.09 bits per heavy atom. The van der Waals surface area contributed by atoms with Gasteiger partial charge in [-0.05, 0) is 49.2 Å². The van der Waals surface area contributed by atoms with Crippen LogP contribution in [0.4, 0.5) is 5.69 Å². The first kappa shape index (κ1) is 29.5. The number of carbonyl (C=O) groups excluding carboxylic acids is 1. The van der Waals surface area contributed by atoms with E-state index in [1.54, 1.807) is 50.3 Å². The third-order valence-electron chi connectivity index (χ3n) is 7.24. The zero-order chi connectivity index (χ0) is 31.0. The Morgan fingerprint density at radius 2 is 1.79 bits per heavy atom. The Bertz CT molecular complexity index is 1960. The van der Waals surface area contributed by atoms with Crippen molar-refractivity contribution in [3.8, 4) is 28.6 Å². The van der Waals surface area contributed by atoms with Crippen molar-refractivity contribution in [2.75, 3.05) is 21.3 Å². The fourth-order valence-electron chi connectivity index (χ4n) is 5.14. The molecule has 0 aliphatic carbocycles. The number of nitro groups is 1. The molecule has 43 heavy (non-hydrogen) atoms. The van der Waals surface area contributed by atoms with Crippen molar-refractivity contribution < 1.29 is 28.3 Å². The number of benzene rings is 2. The fourth-order valence-corrected chi connectivity index (χ4v) is 6.16. The number of nitrogens with zero attached hydrogens (tertiary/aromatic N) is 3. The number of fused-ring (bicyclic) bond motifs is 1. The Balaban J connectivity index is 1.68. The quantitative estimate of drug-likeness (QED) is 0.198. The van der Waals surface area contributed by atoms with Gasteiger partial charge < -0.3 is 18.6 Å². The highest BCUT2D eigenvalue weighted by atomic mass is 32.1. The van der Waals surface area contributed by atoms with E-state index in [1.165, 1.54) is 49.4 Å². The molecule has 0 bridgehead atoms. The first-order chi connectivity index (χ1) is 20.6. The number of hydrogen-bond donors (Lipinski definition) is 0. The predicted molar refractivity (Wildman–Crippen MR) is 161 cm³/mol. The maximum absolute atomic E-state index is 14.0. The van der Waals surface area contributed by atoms with Crippen LogP contribution in [0.2, 0.25) is 0 Å². The number of hydrogen-bond acceptors (Lipinski definition) is 10. The van der Waals surface area contributed by atoms with Crippen molar-refractivity contribution in [2.45, 2.75) is 33.2 Å². The summed E-state index contributed by atoms with van der Waals surface area (Å²) in [5.74, 6) is 1.83. The summed E-state index contributed by atoms with van der Waals surface area (Å²) < 4.78 is 24.4. The second-order valence-electron chi connectivity index (χ2n) is 9.78. The Hall–Kier alpha value is -4.97. The average molecular weight is 604 g/mol. The van der Waals surface area contributed by atoms with Gasteiger partial charge in [-0.15, -0.1) is 0 Å². The number of non-ortho nitro benzene ring substituents is 1. The maximum Gasteiger partial charge on any atom is 0.271 e. The summed E-state index contributed by atoms with van der Waals surface area (Å²) in [4.78, 5) is 43.1. The van der Waals surface area contributed by atoms with E-state index >= 15 is 0 Å². The zero-order valence-corrected chi connectivity index (χ0v) is 25.2. The van der Waals surface area contributed by atoms with E-state index in [4.69, 9.17) is 18.6 Å². The van der Waals surface area contributed by atoms with E-state index in [1.807, 2.05) is 6.92 Å². The standard InChI is InChI=1S/C31H29N3O8S/c1-7-22(35)27-17(3)32-31-33(28(27)18-12-24(39-4)29(41-6)25(13-18)40-5)30(36)26(43-31)15-20-10-11-23(42-20)21-14-19(34(37)38)9-8-16(21)2/h8-15,28H,7H2,1-6H3/b26-15-. The molecule has 2 aromatic carbocycles. The summed E-state index contributed by atoms with van der Waals surface area (Å²) >= 11 is 1.17. The minimum Gasteiger partial charge on any atom is -0.493 e. The van der Waals surface area contributed by atoms with Crippen LogP contribution in [0.1, 0.15) is 43.2 Å². The number of allylic oxidation sites excluding steroid dienone is 2. The smallest absolute Gasteiger partial charge is 0.271 e. The first-order valence-electron chi connectivity index (χ1n) is 13.3. The lowest BCUT2D eigenvalue weighted by atomic mass is 9.91. The van der Waals surface area contributed by atoms with Crippen LogP contribution in [0, 0.1) is 17.0 Å². The van der Waals surface area contributed by atoms with Crippen molar-refractivity contribution in [1.82, 2.24) is 4.57 Å². The number of ether oxygens (including phenoxy) is 3. The number of methoxy groups -OCH3 is 3. The molecular formula is C31H29N3O8S. The lowest BCUT2D eigenvalue weighted by Crippen LogP contribution is -2.39. The molecule has 0 radical (unpaired) electrons. The number of thiazole rings is 1. The summed E-state index contributed by atoms with van der Waals surface area (Å²) in [5.41, 5.74) is 2.48. The van der Waals surface area contributed by atoms with Gasteiger partial charge in [0.05, 0.1) is 36.8 Å². The molecule has 1 aliphatic rings. The number of furan rings is 1. The Labute approximate surface area is 250 Å². The molecule has 1 unspecified atom stereocenters. The predicted octanol–water partition coefficient (Wildman–Crippen LogP) is 4.72. The van der Waals surface area contributed by atoms with Gasteiger partial charge in [-0.25, -0.2) is 4.99 Å². The van der Waals surface area contributed by atoms with Crippen LogP contribution in [0.5, 0.6) is 17.2 Å². The van der Waals surface area contributed by atoms with Gasteiger partial charge in [0.15, 0.2) is 22.1 Å². The van der Waals surface area contributed by atoms with Crippen LogP contribution in [-0.4, -0.2) is 36.6 Å². The number of ketones is 1. The molecule has 0 fully saturated rings. The van der Waals surface area contributed by atoms with Crippen molar-refractivity contribution in [3.05, 3.63) is 100 Å². The van der Waals surface area contributed by atoms with Crippen molar-refractivity contribution in [3.63, 3.8) is 0 Å². The van der Waals surface area contributed by atoms with Gasteiger partial charge >= 0.3 is 0 Å². The molecule has 12 heteroatoms. The fraction of sp³-hybridized carbons (Fsp3) is 0.258. The SMILES string of the molecule is CCC(=O)C1=C(C)N=c2s/c(=C\c3ccc(-c4cc([N+](=O)[O-])ccc4C)o3)c(=O)n2C1c1cc(OC)c(OC)c(OC)c1. The van der Waals surface area contributed by atoms with Gasteiger partial charge in [-0.2, -0.15) is 0 Å². The summed E-state index contributed by atoms with van der Waals surface area (Å²) in [5, 5.41) is 11.3. The van der Waals surface area contributed by atoms with E-state index < -0.39 is 11.0 Å². The number of Topliss-reactive ketones (excluding diaryl/α,β-unsaturated/α-hetero) is 1. The molecule has 0 amide bonds. The molecule has 0 saturated carbocycles. The van der Waals surface area contributed by atoms with Crippen LogP contribution in [-0.2, 0) is 4.79 Å². The summed E-state index contributed by atoms with van der Waals surface area (Å²) in [6.45, 7) is 5.35. The molecule has 0 spiro atoms. The topological polar surface area (TPSA) is 135 Å². The van der Waals surface area contributed by atoms with Crippen LogP contribution < -0.4 is 29.1 Å². The molecular weight excluding hydrogens is 574 g/mol. The molecule has 5 rings (SSSR count). The molecule has 1 atom stereocenters.